The zero-order valence-electron chi connectivity index (χ0n) is 13.8. The Morgan fingerprint density at radius 3 is 2.86 bits per heavy atom. The summed E-state index contributed by atoms with van der Waals surface area (Å²) in [4.78, 5) is 0. The van der Waals surface area contributed by atoms with E-state index >= 15 is 0 Å². The summed E-state index contributed by atoms with van der Waals surface area (Å²) in [6, 6.07) is 8.46. The lowest BCUT2D eigenvalue weighted by atomic mass is 9.84. The normalized spacial score (nSPS) is 29.5. The third-order valence-corrected chi connectivity index (χ3v) is 5.54. The first-order valence-electron chi connectivity index (χ1n) is 8.72. The first kappa shape index (κ1) is 15.8. The Kier molecular flexibility index (Phi) is 5.04. The van der Waals surface area contributed by atoms with E-state index in [0.29, 0.717) is 19.2 Å². The van der Waals surface area contributed by atoms with Crippen molar-refractivity contribution in [2.75, 3.05) is 13.2 Å². The van der Waals surface area contributed by atoms with Crippen LogP contribution >= 0.6 is 0 Å². The van der Waals surface area contributed by atoms with E-state index in [-0.39, 0.29) is 0 Å². The van der Waals surface area contributed by atoms with Gasteiger partial charge in [-0.3, -0.25) is 0 Å². The number of aliphatic hydroxyl groups is 1. The van der Waals surface area contributed by atoms with Crippen LogP contribution in [0.25, 0.3) is 0 Å². The van der Waals surface area contributed by atoms with Gasteiger partial charge in [-0.2, -0.15) is 0 Å². The fraction of sp³-hybridized carbons (Fsp3) is 0.684. The van der Waals surface area contributed by atoms with Crippen LogP contribution in [0.15, 0.2) is 24.3 Å². The largest absolute Gasteiger partial charge is 0.491 e. The van der Waals surface area contributed by atoms with Crippen LogP contribution in [0.2, 0.25) is 0 Å². The molecule has 2 aliphatic carbocycles. The molecule has 0 radical (unpaired) electrons. The Morgan fingerprint density at radius 2 is 2.18 bits per heavy atom. The molecule has 2 fully saturated rings. The van der Waals surface area contributed by atoms with Gasteiger partial charge in [0.2, 0.25) is 0 Å². The first-order valence-corrected chi connectivity index (χ1v) is 8.72. The quantitative estimate of drug-likeness (QED) is 0.813. The minimum absolute atomic E-state index is 0.347. The van der Waals surface area contributed by atoms with E-state index < -0.39 is 6.10 Å². The predicted octanol–water partition coefficient (Wildman–Crippen LogP) is 3.15. The standard InChI is InChI=1S/C19H29NO2/c1-13-4-3-5-18(8-13)22-12-17(21)11-20-14(2)19-10-15-6-7-16(19)9-15/h3-5,8,14-17,19-21H,6-7,9-12H2,1-2H3. The van der Waals surface area contributed by atoms with Crippen LogP contribution in [0.4, 0.5) is 0 Å². The molecule has 2 N–H and O–H groups in total. The van der Waals surface area contributed by atoms with Crippen molar-refractivity contribution in [2.24, 2.45) is 17.8 Å². The van der Waals surface area contributed by atoms with E-state index in [4.69, 9.17) is 4.74 Å². The third-order valence-electron chi connectivity index (χ3n) is 5.54. The highest BCUT2D eigenvalue weighted by Crippen LogP contribution is 2.49. The molecule has 2 bridgehead atoms. The average Bonchev–Trinajstić information content (AvgIpc) is 3.13. The molecule has 3 nitrogen and oxygen atoms in total. The van der Waals surface area contributed by atoms with E-state index in [0.717, 1.165) is 23.5 Å². The number of rotatable bonds is 7. The number of aryl methyl sites for hydroxylation is 1. The summed E-state index contributed by atoms with van der Waals surface area (Å²) in [5.41, 5.74) is 1.18. The molecule has 0 amide bonds. The van der Waals surface area contributed by atoms with Gasteiger partial charge in [-0.05, 0) is 68.6 Å². The van der Waals surface area contributed by atoms with Crippen molar-refractivity contribution in [2.45, 2.75) is 51.7 Å². The highest BCUT2D eigenvalue weighted by Gasteiger charge is 2.41. The molecule has 22 heavy (non-hydrogen) atoms. The van der Waals surface area contributed by atoms with Gasteiger partial charge in [0.1, 0.15) is 18.5 Å². The van der Waals surface area contributed by atoms with Gasteiger partial charge in [-0.15, -0.1) is 0 Å². The second kappa shape index (κ2) is 7.01. The van der Waals surface area contributed by atoms with Gasteiger partial charge < -0.3 is 15.2 Å². The third kappa shape index (κ3) is 3.82. The molecule has 0 aromatic heterocycles. The van der Waals surface area contributed by atoms with E-state index in [9.17, 15) is 5.11 Å². The first-order chi connectivity index (χ1) is 10.6. The summed E-state index contributed by atoms with van der Waals surface area (Å²) in [5.74, 6) is 3.55. The zero-order chi connectivity index (χ0) is 15.5. The number of hydrogen-bond acceptors (Lipinski definition) is 3. The van der Waals surface area contributed by atoms with Gasteiger partial charge in [-0.25, -0.2) is 0 Å². The zero-order valence-corrected chi connectivity index (χ0v) is 13.8. The number of hydrogen-bond donors (Lipinski definition) is 2. The lowest BCUT2D eigenvalue weighted by Crippen LogP contribution is -2.41. The lowest BCUT2D eigenvalue weighted by molar-refractivity contribution is 0.0993. The maximum absolute atomic E-state index is 10.1. The van der Waals surface area contributed by atoms with Gasteiger partial charge >= 0.3 is 0 Å². The molecule has 2 saturated carbocycles. The molecule has 5 atom stereocenters. The number of fused-ring (bicyclic) bond motifs is 2. The number of nitrogens with one attached hydrogen (secondary N) is 1. The fourth-order valence-electron chi connectivity index (χ4n) is 4.34. The van der Waals surface area contributed by atoms with Crippen LogP contribution < -0.4 is 10.1 Å². The minimum atomic E-state index is -0.457. The second-order valence-corrected chi connectivity index (χ2v) is 7.32. The monoisotopic (exact) mass is 303 g/mol. The Hall–Kier alpha value is -1.06. The smallest absolute Gasteiger partial charge is 0.119 e. The molecule has 1 aromatic rings. The second-order valence-electron chi connectivity index (χ2n) is 7.32. The molecule has 122 valence electrons. The van der Waals surface area contributed by atoms with Crippen molar-refractivity contribution in [3.8, 4) is 5.75 Å². The summed E-state index contributed by atoms with van der Waals surface area (Å²) in [6.07, 6.45) is 5.23. The topological polar surface area (TPSA) is 41.5 Å². The molecule has 0 saturated heterocycles. The summed E-state index contributed by atoms with van der Waals surface area (Å²) in [5, 5.41) is 13.6. The molecule has 0 aliphatic heterocycles. The van der Waals surface area contributed by atoms with E-state index in [1.165, 1.54) is 31.2 Å². The lowest BCUT2D eigenvalue weighted by Gasteiger charge is -2.29. The van der Waals surface area contributed by atoms with Gasteiger partial charge in [0.05, 0.1) is 0 Å². The van der Waals surface area contributed by atoms with Crippen LogP contribution in [-0.4, -0.2) is 30.4 Å². The summed E-state index contributed by atoms with van der Waals surface area (Å²) in [7, 11) is 0. The highest BCUT2D eigenvalue weighted by atomic mass is 16.5. The van der Waals surface area contributed by atoms with Gasteiger partial charge in [0, 0.05) is 12.6 Å². The van der Waals surface area contributed by atoms with Crippen molar-refractivity contribution in [3.05, 3.63) is 29.8 Å². The van der Waals surface area contributed by atoms with Crippen molar-refractivity contribution < 1.29 is 9.84 Å². The summed E-state index contributed by atoms with van der Waals surface area (Å²) in [6.45, 7) is 5.28. The molecule has 5 unspecified atom stereocenters. The Labute approximate surface area is 134 Å². The molecule has 3 heteroatoms. The van der Waals surface area contributed by atoms with E-state index in [1.54, 1.807) is 0 Å². The van der Waals surface area contributed by atoms with E-state index in [1.807, 2.05) is 31.2 Å². The Bertz CT molecular complexity index is 490. The number of aliphatic hydroxyl groups excluding tert-OH is 1. The molecule has 0 spiro atoms. The van der Waals surface area contributed by atoms with Crippen LogP contribution in [-0.2, 0) is 0 Å². The molecule has 1 aromatic carbocycles. The maximum Gasteiger partial charge on any atom is 0.119 e. The SMILES string of the molecule is Cc1cccc(OCC(O)CNC(C)C2CC3CCC2C3)c1. The highest BCUT2D eigenvalue weighted by molar-refractivity contribution is 5.27. The summed E-state index contributed by atoms with van der Waals surface area (Å²) >= 11 is 0. The molecular weight excluding hydrogens is 274 g/mol. The van der Waals surface area contributed by atoms with Crippen molar-refractivity contribution in [1.82, 2.24) is 5.32 Å². The van der Waals surface area contributed by atoms with Crippen LogP contribution in [0.3, 0.4) is 0 Å². The van der Waals surface area contributed by atoms with Crippen molar-refractivity contribution in [1.29, 1.82) is 0 Å². The average molecular weight is 303 g/mol. The fourth-order valence-corrected chi connectivity index (χ4v) is 4.34. The molecule has 0 heterocycles. The summed E-state index contributed by atoms with van der Waals surface area (Å²) < 4.78 is 5.67. The van der Waals surface area contributed by atoms with Gasteiger partial charge in [0.15, 0.2) is 0 Å². The van der Waals surface area contributed by atoms with Gasteiger partial charge in [0.25, 0.3) is 0 Å². The van der Waals surface area contributed by atoms with Gasteiger partial charge in [-0.1, -0.05) is 18.6 Å². The van der Waals surface area contributed by atoms with Crippen molar-refractivity contribution >= 4 is 0 Å². The Balaban J connectivity index is 1.38. The Morgan fingerprint density at radius 1 is 1.32 bits per heavy atom. The predicted molar refractivity (Wildman–Crippen MR) is 89.1 cm³/mol. The molecule has 2 aliphatic rings. The van der Waals surface area contributed by atoms with Crippen LogP contribution in [0.1, 0.15) is 38.2 Å². The van der Waals surface area contributed by atoms with E-state index in [2.05, 4.69) is 12.2 Å². The minimum Gasteiger partial charge on any atom is -0.491 e. The van der Waals surface area contributed by atoms with Crippen molar-refractivity contribution in [3.63, 3.8) is 0 Å². The molecular formula is C19H29NO2. The van der Waals surface area contributed by atoms with Crippen LogP contribution in [0.5, 0.6) is 5.75 Å². The van der Waals surface area contributed by atoms with Crippen LogP contribution in [0, 0.1) is 24.7 Å². The maximum atomic E-state index is 10.1. The number of ether oxygens (including phenoxy) is 1. The number of benzene rings is 1. The molecule has 3 rings (SSSR count).